The van der Waals surface area contributed by atoms with Crippen molar-refractivity contribution in [1.29, 1.82) is 0 Å². The molecule has 0 saturated carbocycles. The second-order valence-electron chi connectivity index (χ2n) is 5.02. The second-order valence-corrected chi connectivity index (χ2v) is 5.45. The third-order valence-corrected chi connectivity index (χ3v) is 3.43. The molecule has 0 aliphatic rings. The molecule has 3 nitrogen and oxygen atoms in total. The fourth-order valence-corrected chi connectivity index (χ4v) is 2.05. The molecule has 0 unspecified atom stereocenters. The van der Waals surface area contributed by atoms with E-state index in [2.05, 4.69) is 17.2 Å². The van der Waals surface area contributed by atoms with Gasteiger partial charge in [-0.2, -0.15) is 0 Å². The number of halogens is 1. The summed E-state index contributed by atoms with van der Waals surface area (Å²) < 4.78 is 0. The van der Waals surface area contributed by atoms with Gasteiger partial charge in [-0.15, -0.1) is 0 Å². The van der Waals surface area contributed by atoms with Crippen LogP contribution in [0, 0.1) is 11.8 Å². The zero-order chi connectivity index (χ0) is 16.7. The van der Waals surface area contributed by atoms with Crippen LogP contribution in [0.2, 0.25) is 5.02 Å². The third kappa shape index (κ3) is 5.61. The number of ketones is 1. The molecule has 0 aliphatic heterocycles. The number of hydrogen-bond donors (Lipinski definition) is 1. The highest BCUT2D eigenvalue weighted by Gasteiger charge is 2.01. The highest BCUT2D eigenvalue weighted by molar-refractivity contribution is 6.30. The lowest BCUT2D eigenvalue weighted by atomic mass is 10.1. The van der Waals surface area contributed by atoms with Gasteiger partial charge in [0.1, 0.15) is 0 Å². The molecule has 0 saturated heterocycles. The molecule has 1 N–H and O–H groups in total. The lowest BCUT2D eigenvalue weighted by Gasteiger charge is -2.01. The Morgan fingerprint density at radius 1 is 1.04 bits per heavy atom. The minimum absolute atomic E-state index is 0.0268. The molecule has 116 valence electrons. The van der Waals surface area contributed by atoms with E-state index < -0.39 is 0 Å². The number of carbonyl (C=O) groups is 2. The molecule has 0 aromatic heterocycles. The van der Waals surface area contributed by atoms with Gasteiger partial charge in [-0.05, 0) is 36.8 Å². The Morgan fingerprint density at radius 3 is 2.30 bits per heavy atom. The van der Waals surface area contributed by atoms with Crippen molar-refractivity contribution in [1.82, 2.24) is 5.32 Å². The van der Waals surface area contributed by atoms with Crippen LogP contribution in [0.5, 0.6) is 0 Å². The van der Waals surface area contributed by atoms with E-state index in [4.69, 9.17) is 11.6 Å². The number of rotatable bonds is 4. The molecule has 0 heterocycles. The molecule has 0 aliphatic carbocycles. The fourth-order valence-electron chi connectivity index (χ4n) is 1.93. The number of Topliss-reactive ketones (excluding diaryl/α,β-unsaturated/α-hetero) is 1. The van der Waals surface area contributed by atoms with Crippen LogP contribution in [0.15, 0.2) is 48.5 Å². The zero-order valence-corrected chi connectivity index (χ0v) is 13.5. The number of nitrogens with one attached hydrogen (secondary N) is 1. The van der Waals surface area contributed by atoms with Crippen LogP contribution < -0.4 is 5.32 Å². The van der Waals surface area contributed by atoms with Gasteiger partial charge in [-0.3, -0.25) is 9.59 Å². The summed E-state index contributed by atoms with van der Waals surface area (Å²) in [6.45, 7) is 1.80. The van der Waals surface area contributed by atoms with Gasteiger partial charge < -0.3 is 5.32 Å². The van der Waals surface area contributed by atoms with E-state index in [1.54, 1.807) is 36.4 Å². The van der Waals surface area contributed by atoms with Crippen molar-refractivity contribution in [2.45, 2.75) is 13.3 Å². The Kier molecular flexibility index (Phi) is 5.96. The highest BCUT2D eigenvalue weighted by Crippen LogP contribution is 2.09. The van der Waals surface area contributed by atoms with Crippen LogP contribution in [0.3, 0.4) is 0 Å². The second kappa shape index (κ2) is 8.17. The molecule has 0 fully saturated rings. The maximum Gasteiger partial charge on any atom is 0.225 e. The lowest BCUT2D eigenvalue weighted by molar-refractivity contribution is -0.120. The molecule has 0 atom stereocenters. The van der Waals surface area contributed by atoms with E-state index in [0.29, 0.717) is 17.0 Å². The summed E-state index contributed by atoms with van der Waals surface area (Å²) in [5.41, 5.74) is 2.37. The smallest absolute Gasteiger partial charge is 0.225 e. The van der Waals surface area contributed by atoms with E-state index in [-0.39, 0.29) is 18.2 Å². The van der Waals surface area contributed by atoms with Crippen LogP contribution in [0.4, 0.5) is 0 Å². The molecule has 23 heavy (non-hydrogen) atoms. The van der Waals surface area contributed by atoms with Gasteiger partial charge >= 0.3 is 0 Å². The quantitative estimate of drug-likeness (QED) is 0.693. The van der Waals surface area contributed by atoms with Gasteiger partial charge in [0, 0.05) is 16.1 Å². The number of hydrogen-bond acceptors (Lipinski definition) is 2. The van der Waals surface area contributed by atoms with E-state index in [1.807, 2.05) is 12.1 Å². The van der Waals surface area contributed by atoms with Crippen molar-refractivity contribution in [2.75, 3.05) is 6.54 Å². The maximum absolute atomic E-state index is 11.8. The molecule has 0 bridgehead atoms. The van der Waals surface area contributed by atoms with Gasteiger partial charge in [-0.1, -0.05) is 47.7 Å². The van der Waals surface area contributed by atoms with Crippen molar-refractivity contribution in [2.24, 2.45) is 0 Å². The maximum atomic E-state index is 11.8. The van der Waals surface area contributed by atoms with E-state index in [9.17, 15) is 9.59 Å². The summed E-state index contributed by atoms with van der Waals surface area (Å²) >= 11 is 5.80. The highest BCUT2D eigenvalue weighted by atomic mass is 35.5. The van der Waals surface area contributed by atoms with Gasteiger partial charge in [-0.25, -0.2) is 0 Å². The summed E-state index contributed by atoms with van der Waals surface area (Å²) in [7, 11) is 0. The molecule has 2 aromatic rings. The van der Waals surface area contributed by atoms with E-state index in [1.165, 1.54) is 6.92 Å². The van der Waals surface area contributed by atoms with E-state index >= 15 is 0 Å². The lowest BCUT2D eigenvalue weighted by Crippen LogP contribution is -2.25. The zero-order valence-electron chi connectivity index (χ0n) is 12.7. The molecule has 0 spiro atoms. The predicted octanol–water partition coefficient (Wildman–Crippen LogP) is 3.25. The number of carbonyl (C=O) groups excluding carboxylic acids is 2. The predicted molar refractivity (Wildman–Crippen MR) is 91.5 cm³/mol. The van der Waals surface area contributed by atoms with Crippen LogP contribution in [-0.2, 0) is 11.2 Å². The van der Waals surface area contributed by atoms with Gasteiger partial charge in [0.25, 0.3) is 0 Å². The van der Waals surface area contributed by atoms with Crippen molar-refractivity contribution in [3.63, 3.8) is 0 Å². The van der Waals surface area contributed by atoms with Crippen LogP contribution in [0.25, 0.3) is 0 Å². The average Bonchev–Trinajstić information content (AvgIpc) is 2.54. The first-order valence-electron chi connectivity index (χ1n) is 7.15. The Balaban J connectivity index is 1.81. The fraction of sp³-hybridized carbons (Fsp3) is 0.158. The summed E-state index contributed by atoms with van der Waals surface area (Å²) in [6.07, 6.45) is 0.298. The van der Waals surface area contributed by atoms with Crippen LogP contribution in [-0.4, -0.2) is 18.2 Å². The number of benzene rings is 2. The van der Waals surface area contributed by atoms with Crippen molar-refractivity contribution >= 4 is 23.3 Å². The van der Waals surface area contributed by atoms with Crippen molar-refractivity contribution in [3.05, 3.63) is 70.2 Å². The molecule has 2 aromatic carbocycles. The largest absolute Gasteiger partial charge is 0.345 e. The minimum Gasteiger partial charge on any atom is -0.345 e. The molecule has 0 radical (unpaired) electrons. The van der Waals surface area contributed by atoms with Gasteiger partial charge in [0.2, 0.25) is 5.91 Å². The third-order valence-electron chi connectivity index (χ3n) is 3.18. The Morgan fingerprint density at radius 2 is 1.70 bits per heavy atom. The van der Waals surface area contributed by atoms with Gasteiger partial charge in [0.15, 0.2) is 5.78 Å². The van der Waals surface area contributed by atoms with Crippen molar-refractivity contribution < 1.29 is 9.59 Å². The first kappa shape index (κ1) is 16.8. The molecule has 1 amide bonds. The van der Waals surface area contributed by atoms with Crippen molar-refractivity contribution in [3.8, 4) is 11.8 Å². The summed E-state index contributed by atoms with van der Waals surface area (Å²) in [4.78, 5) is 22.9. The monoisotopic (exact) mass is 325 g/mol. The standard InChI is InChI=1S/C19H16ClNO2/c1-14(22)17-8-4-15(5-9-17)3-2-12-21-19(23)13-16-6-10-18(20)11-7-16/h4-11H,12-13H2,1H3,(H,21,23). The molecular weight excluding hydrogens is 310 g/mol. The minimum atomic E-state index is -0.0893. The summed E-state index contributed by atoms with van der Waals surface area (Å²) in [5, 5.41) is 3.39. The normalized spacial score (nSPS) is 9.65. The Hall–Kier alpha value is -2.57. The topological polar surface area (TPSA) is 46.2 Å². The Bertz CT molecular complexity index is 753. The first-order valence-corrected chi connectivity index (χ1v) is 7.53. The van der Waals surface area contributed by atoms with Gasteiger partial charge in [0.05, 0.1) is 13.0 Å². The number of amides is 1. The van der Waals surface area contributed by atoms with Crippen LogP contribution in [0.1, 0.15) is 28.4 Å². The van der Waals surface area contributed by atoms with Crippen LogP contribution >= 0.6 is 11.6 Å². The SMILES string of the molecule is CC(=O)c1ccc(C#CCNC(=O)Cc2ccc(Cl)cc2)cc1. The molecule has 4 heteroatoms. The summed E-state index contributed by atoms with van der Waals surface area (Å²) in [5.74, 6) is 5.77. The molecule has 2 rings (SSSR count). The first-order chi connectivity index (χ1) is 11.0. The average molecular weight is 326 g/mol. The van der Waals surface area contributed by atoms with E-state index in [0.717, 1.165) is 11.1 Å². The molecular formula is C19H16ClNO2. The Labute approximate surface area is 140 Å². The summed E-state index contributed by atoms with van der Waals surface area (Å²) in [6, 6.07) is 14.2.